The summed E-state index contributed by atoms with van der Waals surface area (Å²) < 4.78 is 49.2. The van der Waals surface area contributed by atoms with E-state index in [1.165, 1.54) is 0 Å². The predicted molar refractivity (Wildman–Crippen MR) is 108 cm³/mol. The van der Waals surface area contributed by atoms with Crippen LogP contribution >= 0.6 is 0 Å². The molecule has 4 rings (SSSR count). The molecule has 1 amide bonds. The topological polar surface area (TPSA) is 76.2 Å². The molecule has 0 unspecified atom stereocenters. The third-order valence-electron chi connectivity index (χ3n) is 4.81. The van der Waals surface area contributed by atoms with Crippen molar-refractivity contribution >= 4 is 11.6 Å². The van der Waals surface area contributed by atoms with Crippen LogP contribution in [-0.4, -0.2) is 22.9 Å². The van der Waals surface area contributed by atoms with E-state index in [1.54, 1.807) is 18.2 Å². The molecule has 2 heterocycles. The number of aromatic nitrogens is 2. The smallest absolute Gasteiger partial charge is 0.416 e. The van der Waals surface area contributed by atoms with Crippen LogP contribution in [0.5, 0.6) is 11.5 Å². The molecule has 1 aromatic heterocycles. The molecule has 162 valence electrons. The molecular formula is C22H20F3N3O3. The fraction of sp³-hybridized carbons (Fsp3) is 0.273. The Morgan fingerprint density at radius 2 is 1.84 bits per heavy atom. The van der Waals surface area contributed by atoms with Gasteiger partial charge in [0, 0.05) is 11.1 Å². The molecule has 0 fully saturated rings. The quantitative estimate of drug-likeness (QED) is 0.577. The first kappa shape index (κ1) is 20.8. The Kier molecular flexibility index (Phi) is 5.34. The SMILES string of the molecule is CC(C)Cc1[nH]nc(-c2ccc3c(c2)OCO3)c1NC(=O)c1ccc(C(F)(F)F)cc1. The van der Waals surface area contributed by atoms with Gasteiger partial charge in [0.15, 0.2) is 11.5 Å². The van der Waals surface area contributed by atoms with E-state index in [0.29, 0.717) is 34.9 Å². The Balaban J connectivity index is 1.66. The largest absolute Gasteiger partial charge is 0.454 e. The van der Waals surface area contributed by atoms with Crippen LogP contribution in [0.2, 0.25) is 0 Å². The van der Waals surface area contributed by atoms with E-state index in [9.17, 15) is 18.0 Å². The number of H-pyrrole nitrogens is 1. The number of amides is 1. The lowest BCUT2D eigenvalue weighted by Gasteiger charge is -2.11. The van der Waals surface area contributed by atoms with E-state index in [0.717, 1.165) is 30.0 Å². The lowest BCUT2D eigenvalue weighted by atomic mass is 10.0. The summed E-state index contributed by atoms with van der Waals surface area (Å²) in [6, 6.07) is 9.41. The second-order valence-electron chi connectivity index (χ2n) is 7.62. The standard InChI is InChI=1S/C22H20F3N3O3/c1-12(2)9-16-20(26-21(29)13-3-6-15(7-4-13)22(23,24)25)19(28-27-16)14-5-8-17-18(10-14)31-11-30-17/h3-8,10,12H,9,11H2,1-2H3,(H,26,29)(H,27,28). The fourth-order valence-electron chi connectivity index (χ4n) is 3.32. The van der Waals surface area contributed by atoms with Crippen molar-refractivity contribution in [3.63, 3.8) is 0 Å². The number of alkyl halides is 3. The molecule has 0 radical (unpaired) electrons. The Hall–Kier alpha value is -3.49. The van der Waals surface area contributed by atoms with Crippen LogP contribution < -0.4 is 14.8 Å². The van der Waals surface area contributed by atoms with Crippen LogP contribution in [-0.2, 0) is 12.6 Å². The molecule has 2 aromatic carbocycles. The first-order chi connectivity index (χ1) is 14.7. The van der Waals surface area contributed by atoms with Gasteiger partial charge in [-0.3, -0.25) is 9.89 Å². The van der Waals surface area contributed by atoms with Crippen LogP contribution in [0.4, 0.5) is 18.9 Å². The summed E-state index contributed by atoms with van der Waals surface area (Å²) in [5, 5.41) is 10.2. The third-order valence-corrected chi connectivity index (χ3v) is 4.81. The van der Waals surface area contributed by atoms with Crippen molar-refractivity contribution in [1.29, 1.82) is 0 Å². The molecule has 0 saturated carbocycles. The van der Waals surface area contributed by atoms with Crippen LogP contribution in [0.15, 0.2) is 42.5 Å². The molecule has 0 atom stereocenters. The normalized spacial score (nSPS) is 13.0. The second kappa shape index (κ2) is 7.98. The fourth-order valence-corrected chi connectivity index (χ4v) is 3.32. The van der Waals surface area contributed by atoms with Gasteiger partial charge in [-0.05, 0) is 54.8 Å². The second-order valence-corrected chi connectivity index (χ2v) is 7.62. The minimum absolute atomic E-state index is 0.112. The number of carbonyl (C=O) groups excluding carboxylic acids is 1. The summed E-state index contributed by atoms with van der Waals surface area (Å²) in [5.74, 6) is 0.955. The van der Waals surface area contributed by atoms with Crippen LogP contribution in [0, 0.1) is 5.92 Å². The highest BCUT2D eigenvalue weighted by Crippen LogP contribution is 2.38. The number of anilines is 1. The molecular weight excluding hydrogens is 411 g/mol. The summed E-state index contributed by atoms with van der Waals surface area (Å²) in [7, 11) is 0. The van der Waals surface area contributed by atoms with E-state index in [2.05, 4.69) is 15.5 Å². The molecule has 0 aliphatic carbocycles. The number of hydrogen-bond donors (Lipinski definition) is 2. The molecule has 1 aliphatic rings. The Bertz CT molecular complexity index is 1110. The van der Waals surface area contributed by atoms with E-state index >= 15 is 0 Å². The Morgan fingerprint density at radius 3 is 2.52 bits per heavy atom. The summed E-state index contributed by atoms with van der Waals surface area (Å²) in [6.07, 6.45) is -3.84. The molecule has 3 aromatic rings. The molecule has 6 nitrogen and oxygen atoms in total. The molecule has 0 bridgehead atoms. The summed E-state index contributed by atoms with van der Waals surface area (Å²) >= 11 is 0. The average Bonchev–Trinajstić information content (AvgIpc) is 3.33. The predicted octanol–water partition coefficient (Wildman–Crippen LogP) is 5.28. The summed E-state index contributed by atoms with van der Waals surface area (Å²) in [5.41, 5.74) is 1.73. The molecule has 1 aliphatic heterocycles. The number of hydrogen-bond acceptors (Lipinski definition) is 4. The summed E-state index contributed by atoms with van der Waals surface area (Å²) in [4.78, 5) is 12.8. The van der Waals surface area contributed by atoms with Crippen molar-refractivity contribution in [3.05, 3.63) is 59.3 Å². The van der Waals surface area contributed by atoms with Gasteiger partial charge in [0.2, 0.25) is 6.79 Å². The molecule has 9 heteroatoms. The number of nitrogens with one attached hydrogen (secondary N) is 2. The lowest BCUT2D eigenvalue weighted by Crippen LogP contribution is -2.14. The lowest BCUT2D eigenvalue weighted by molar-refractivity contribution is -0.137. The van der Waals surface area contributed by atoms with E-state index < -0.39 is 17.6 Å². The molecule has 31 heavy (non-hydrogen) atoms. The van der Waals surface area contributed by atoms with Gasteiger partial charge < -0.3 is 14.8 Å². The zero-order chi connectivity index (χ0) is 22.2. The zero-order valence-corrected chi connectivity index (χ0v) is 16.8. The number of aromatic amines is 1. The van der Waals surface area contributed by atoms with Gasteiger partial charge in [0.05, 0.1) is 16.9 Å². The number of ether oxygens (including phenoxy) is 2. The Morgan fingerprint density at radius 1 is 1.13 bits per heavy atom. The van der Waals surface area contributed by atoms with Gasteiger partial charge in [-0.2, -0.15) is 18.3 Å². The number of nitrogens with zero attached hydrogens (tertiary/aromatic N) is 1. The van der Waals surface area contributed by atoms with E-state index in [-0.39, 0.29) is 18.3 Å². The van der Waals surface area contributed by atoms with Gasteiger partial charge >= 0.3 is 6.18 Å². The maximum absolute atomic E-state index is 12.8. The highest BCUT2D eigenvalue weighted by Gasteiger charge is 2.30. The minimum atomic E-state index is -4.46. The van der Waals surface area contributed by atoms with Crippen molar-refractivity contribution in [1.82, 2.24) is 10.2 Å². The van der Waals surface area contributed by atoms with Crippen LogP contribution in [0.3, 0.4) is 0 Å². The third kappa shape index (κ3) is 4.35. The van der Waals surface area contributed by atoms with Crippen LogP contribution in [0.25, 0.3) is 11.3 Å². The van der Waals surface area contributed by atoms with Crippen molar-refractivity contribution in [3.8, 4) is 22.8 Å². The van der Waals surface area contributed by atoms with Gasteiger partial charge in [-0.25, -0.2) is 0 Å². The van der Waals surface area contributed by atoms with Crippen LogP contribution in [0.1, 0.15) is 35.5 Å². The van der Waals surface area contributed by atoms with Gasteiger partial charge in [0.25, 0.3) is 5.91 Å². The first-order valence-corrected chi connectivity index (χ1v) is 9.68. The minimum Gasteiger partial charge on any atom is -0.454 e. The number of carbonyl (C=O) groups is 1. The number of rotatable bonds is 5. The van der Waals surface area contributed by atoms with Crippen molar-refractivity contribution in [2.45, 2.75) is 26.4 Å². The van der Waals surface area contributed by atoms with Gasteiger partial charge in [0.1, 0.15) is 5.69 Å². The van der Waals surface area contributed by atoms with Crippen molar-refractivity contribution < 1.29 is 27.4 Å². The molecule has 0 saturated heterocycles. The van der Waals surface area contributed by atoms with Crippen molar-refractivity contribution in [2.75, 3.05) is 12.1 Å². The monoisotopic (exact) mass is 431 g/mol. The number of fused-ring (bicyclic) bond motifs is 1. The maximum atomic E-state index is 12.8. The number of benzene rings is 2. The molecule has 0 spiro atoms. The summed E-state index contributed by atoms with van der Waals surface area (Å²) in [6.45, 7) is 4.20. The van der Waals surface area contributed by atoms with Gasteiger partial charge in [-0.15, -0.1) is 0 Å². The maximum Gasteiger partial charge on any atom is 0.416 e. The average molecular weight is 431 g/mol. The first-order valence-electron chi connectivity index (χ1n) is 9.68. The van der Waals surface area contributed by atoms with Gasteiger partial charge in [-0.1, -0.05) is 13.8 Å². The highest BCUT2D eigenvalue weighted by atomic mass is 19.4. The van der Waals surface area contributed by atoms with E-state index in [4.69, 9.17) is 9.47 Å². The molecule has 2 N–H and O–H groups in total. The number of halogens is 3. The van der Waals surface area contributed by atoms with Crippen molar-refractivity contribution in [2.24, 2.45) is 5.92 Å². The zero-order valence-electron chi connectivity index (χ0n) is 16.8. The Labute approximate surface area is 176 Å². The van der Waals surface area contributed by atoms with E-state index in [1.807, 2.05) is 13.8 Å². The highest BCUT2D eigenvalue weighted by molar-refractivity contribution is 6.06.